The molecule has 0 aromatic carbocycles. The molecule has 0 aromatic heterocycles. The Labute approximate surface area is 244 Å². The summed E-state index contributed by atoms with van der Waals surface area (Å²) in [5.74, 6) is 0. The van der Waals surface area contributed by atoms with Crippen molar-refractivity contribution in [1.29, 1.82) is 0 Å². The van der Waals surface area contributed by atoms with Crippen LogP contribution < -0.4 is 41.9 Å². The Morgan fingerprint density at radius 2 is 0.417 bits per heavy atom. The number of rotatable bonds is 0. The van der Waals surface area contributed by atoms with E-state index in [9.17, 15) is 0 Å². The first-order valence-electron chi connectivity index (χ1n) is 2.31. The fourth-order valence-corrected chi connectivity index (χ4v) is 0. The zero-order valence-electron chi connectivity index (χ0n) is 10.1. The molecule has 0 aromatic rings. The van der Waals surface area contributed by atoms with E-state index in [1.165, 1.54) is 0 Å². The van der Waals surface area contributed by atoms with Gasteiger partial charge in [-0.05, 0) is 0 Å². The van der Waals surface area contributed by atoms with Gasteiger partial charge in [0.25, 0.3) is 0 Å². The molecule has 0 heterocycles. The van der Waals surface area contributed by atoms with Gasteiger partial charge in [-0.25, -0.2) is 0 Å². The monoisotopic (exact) mass is 849 g/mol. The zero-order chi connectivity index (χ0) is 17.9. The van der Waals surface area contributed by atoms with Crippen molar-refractivity contribution in [1.82, 2.24) is 0 Å². The van der Waals surface area contributed by atoms with Crippen LogP contribution in [0.2, 0.25) is 0 Å². The fraction of sp³-hybridized carbons (Fsp3) is 0. The molecule has 0 rings (SSSR count). The van der Waals surface area contributed by atoms with Crippen molar-refractivity contribution in [3.05, 3.63) is 0 Å². The summed E-state index contributed by atoms with van der Waals surface area (Å²) in [6.45, 7) is 0. The molecule has 0 atom stereocenters. The summed E-state index contributed by atoms with van der Waals surface area (Å²) in [4.78, 5) is 0. The zero-order valence-corrected chi connectivity index (χ0v) is 25.4. The van der Waals surface area contributed by atoms with E-state index in [1.54, 1.807) is 0 Å². The Kier molecular flexibility index (Phi) is 121. The van der Waals surface area contributed by atoms with Gasteiger partial charge in [-0.15, -0.1) is 0 Å². The normalized spacial score (nSPS) is 7.29. The summed E-state index contributed by atoms with van der Waals surface area (Å²) in [6, 6.07) is 0. The van der Waals surface area contributed by atoms with Crippen LogP contribution in [0, 0.1) is 35.6 Å². The summed E-state index contributed by atoms with van der Waals surface area (Å²) < 4.78 is 128. The van der Waals surface area contributed by atoms with Crippen LogP contribution in [-0.2, 0) is 126 Å². The van der Waals surface area contributed by atoms with Crippen LogP contribution >= 0.6 is 0 Å². The average Bonchev–Trinajstić information content (AvgIpc) is 1.94. The van der Waals surface area contributed by atoms with E-state index in [4.69, 9.17) is 61.1 Å². The SMILES string of the molecule is [Cr+3].[Fe+2].[La+3].[O]=[Mn]([O-])[O-].[O]=[Mn]([O-])[O-].[O]=[Mn]([O-])[O-].[O]=[Mn]([O-])[O-].[O]=[Mn]([O-])[O-].[Sr+2]. The van der Waals surface area contributed by atoms with Crippen molar-refractivity contribution in [2.45, 2.75) is 0 Å². The van der Waals surface area contributed by atoms with Gasteiger partial charge in [0.1, 0.15) is 0 Å². The molecule has 0 N–H and O–H groups in total. The smallest absolute Gasteiger partial charge is 2.00 e. The van der Waals surface area contributed by atoms with Crippen LogP contribution in [-0.4, -0.2) is 45.5 Å². The first kappa shape index (κ1) is 56.8. The quantitative estimate of drug-likeness (QED) is 0.204. The molecule has 24 heavy (non-hydrogen) atoms. The van der Waals surface area contributed by atoms with Crippen molar-refractivity contribution in [3.63, 3.8) is 0 Å². The molecule has 15 nitrogen and oxygen atoms in total. The van der Waals surface area contributed by atoms with Crippen LogP contribution in [0.5, 0.6) is 0 Å². The first-order valence-corrected chi connectivity index (χ1v) is 9.54. The third-order valence-electron chi connectivity index (χ3n) is 0. The van der Waals surface area contributed by atoms with Crippen LogP contribution in [0.15, 0.2) is 0 Å². The molecule has 0 saturated heterocycles. The molecule has 0 aliphatic rings. The third-order valence-corrected chi connectivity index (χ3v) is 0. The number of hydrogen-bond donors (Lipinski definition) is 0. The second-order valence-corrected chi connectivity index (χ2v) is 3.90. The topological polar surface area (TPSA) is 316 Å². The third kappa shape index (κ3) is 746. The summed E-state index contributed by atoms with van der Waals surface area (Å²) >= 11 is -18.2. The second kappa shape index (κ2) is 51.0. The van der Waals surface area contributed by atoms with Gasteiger partial charge >= 0.3 is 249 Å². The van der Waals surface area contributed by atoms with E-state index in [0.29, 0.717) is 0 Å². The Hall–Kier alpha value is 4.92. The molecule has 0 unspecified atom stereocenters. The predicted octanol–water partition coefficient (Wildman–Crippen LogP) is -12.9. The minimum Gasteiger partial charge on any atom is 2.00 e. The molecular formula is CrFeLaMn5O15Sr. The van der Waals surface area contributed by atoms with Crippen LogP contribution in [0.3, 0.4) is 0 Å². The second-order valence-electron chi connectivity index (χ2n) is 0.945. The van der Waals surface area contributed by atoms with Crippen LogP contribution in [0.4, 0.5) is 0 Å². The number of hydrogen-bond acceptors (Lipinski definition) is 15. The van der Waals surface area contributed by atoms with E-state index in [1.807, 2.05) is 0 Å². The predicted molar refractivity (Wildman–Crippen MR) is 9.19 cm³/mol. The van der Waals surface area contributed by atoms with Crippen LogP contribution in [0.25, 0.3) is 0 Å². The van der Waals surface area contributed by atoms with E-state index >= 15 is 0 Å². The van der Waals surface area contributed by atoms with Gasteiger partial charge in [-0.3, -0.25) is 0 Å². The summed E-state index contributed by atoms with van der Waals surface area (Å²) in [7, 11) is 0. The molecule has 0 bridgehead atoms. The van der Waals surface area contributed by atoms with E-state index in [0.717, 1.165) is 0 Å². The molecule has 0 aliphatic heterocycles. The molecule has 24 heteroatoms. The fourth-order valence-electron chi connectivity index (χ4n) is 0. The van der Waals surface area contributed by atoms with Crippen LogP contribution in [0.1, 0.15) is 0 Å². The Balaban J connectivity index is -0.0000000161. The molecule has 144 valence electrons. The maximum Gasteiger partial charge on any atom is 2.00 e. The Morgan fingerprint density at radius 1 is 0.417 bits per heavy atom. The van der Waals surface area contributed by atoms with Gasteiger partial charge in [0.2, 0.25) is 0 Å². The minimum atomic E-state index is -3.65. The van der Waals surface area contributed by atoms with Crippen molar-refractivity contribution in [2.75, 3.05) is 0 Å². The van der Waals surface area contributed by atoms with Crippen molar-refractivity contribution in [3.8, 4) is 0 Å². The summed E-state index contributed by atoms with van der Waals surface area (Å²) in [6.07, 6.45) is 0. The van der Waals surface area contributed by atoms with Crippen molar-refractivity contribution in [2.24, 2.45) is 0 Å². The largest absolute Gasteiger partial charge is 2.00 e. The maximum atomic E-state index is 8.52. The van der Waals surface area contributed by atoms with Gasteiger partial charge < -0.3 is 0 Å². The standard InChI is InChI=1S/Cr.Fe.La.5Mn.15O.Sr/q+3;+2;+3;;;;;;;;;;;10*-1;+2. The van der Waals surface area contributed by atoms with Crippen molar-refractivity contribution >= 4 is 45.5 Å². The average molecular weight is 849 g/mol. The van der Waals surface area contributed by atoms with E-state index in [-0.39, 0.29) is 116 Å². The van der Waals surface area contributed by atoms with Gasteiger partial charge in [0.15, 0.2) is 0 Å². The molecule has 0 fully saturated rings. The molecular weight excluding hydrogens is 849 g/mol. The summed E-state index contributed by atoms with van der Waals surface area (Å²) in [5, 5.41) is 0. The maximum absolute atomic E-state index is 8.52. The van der Waals surface area contributed by atoms with Gasteiger partial charge in [0, 0.05) is 0 Å². The van der Waals surface area contributed by atoms with E-state index < -0.39 is 72.5 Å². The van der Waals surface area contributed by atoms with E-state index in [2.05, 4.69) is 0 Å². The molecule has 0 aliphatic carbocycles. The minimum absolute atomic E-state index is 0. The first-order chi connectivity index (χ1) is 8.66. The van der Waals surface area contributed by atoms with Gasteiger partial charge in [0.05, 0.1) is 0 Å². The molecule has 0 amide bonds. The summed E-state index contributed by atoms with van der Waals surface area (Å²) in [5.41, 5.74) is 0. The Morgan fingerprint density at radius 3 is 0.417 bits per heavy atom. The molecule has 0 spiro atoms. The van der Waals surface area contributed by atoms with Gasteiger partial charge in [-0.1, -0.05) is 0 Å². The Bertz CT molecular complexity index is 225. The van der Waals surface area contributed by atoms with Crippen molar-refractivity contribution < 1.29 is 204 Å². The molecule has 0 saturated carbocycles. The molecule has 1 radical (unpaired) electrons. The van der Waals surface area contributed by atoms with Gasteiger partial charge in [-0.2, -0.15) is 0 Å².